The van der Waals surface area contributed by atoms with Crippen LogP contribution in [-0.4, -0.2) is 38.4 Å². The van der Waals surface area contributed by atoms with Gasteiger partial charge < -0.3 is 0 Å². The molecule has 0 unspecified atom stereocenters. The third-order valence-electron chi connectivity index (χ3n) is 5.28. The topological polar surface area (TPSA) is 37.4 Å². The van der Waals surface area contributed by atoms with E-state index in [1.807, 2.05) is 6.92 Å². The number of rotatable bonds is 6. The van der Waals surface area contributed by atoms with Crippen molar-refractivity contribution in [1.29, 1.82) is 0 Å². The Morgan fingerprint density at radius 1 is 1.08 bits per heavy atom. The first-order valence-electron chi connectivity index (χ1n) is 9.44. The first-order valence-corrected chi connectivity index (χ1v) is 11.5. The molecule has 0 bridgehead atoms. The minimum atomic E-state index is -2.95. The van der Waals surface area contributed by atoms with Crippen LogP contribution in [-0.2, 0) is 16.4 Å². The van der Waals surface area contributed by atoms with Crippen LogP contribution >= 0.6 is 0 Å². The van der Waals surface area contributed by atoms with Crippen LogP contribution in [0.25, 0.3) is 0 Å². The Morgan fingerprint density at radius 2 is 1.77 bits per heavy atom. The monoisotopic (exact) mass is 371 g/mol. The molecule has 0 aromatic heterocycles. The zero-order valence-corrected chi connectivity index (χ0v) is 16.6. The van der Waals surface area contributed by atoms with Crippen molar-refractivity contribution in [3.05, 3.63) is 71.3 Å². The van der Waals surface area contributed by atoms with Crippen LogP contribution < -0.4 is 0 Å². The van der Waals surface area contributed by atoms with E-state index in [1.54, 1.807) is 0 Å². The summed E-state index contributed by atoms with van der Waals surface area (Å²) in [6, 6.07) is 19.3. The van der Waals surface area contributed by atoms with Gasteiger partial charge >= 0.3 is 0 Å². The fourth-order valence-corrected chi connectivity index (χ4v) is 5.06. The zero-order valence-electron chi connectivity index (χ0n) is 15.8. The lowest BCUT2D eigenvalue weighted by atomic mass is 9.90. The second-order valence-corrected chi connectivity index (χ2v) is 9.90. The molecule has 0 amide bonds. The van der Waals surface area contributed by atoms with Crippen LogP contribution in [0.3, 0.4) is 0 Å². The van der Waals surface area contributed by atoms with E-state index in [-0.39, 0.29) is 11.7 Å². The minimum absolute atomic E-state index is 0.0384. The summed E-state index contributed by atoms with van der Waals surface area (Å²) in [6.07, 6.45) is 3.81. The predicted octanol–water partition coefficient (Wildman–Crippen LogP) is 4.21. The summed E-state index contributed by atoms with van der Waals surface area (Å²) in [5.41, 5.74) is 3.84. The van der Waals surface area contributed by atoms with E-state index in [0.717, 1.165) is 25.2 Å². The molecule has 0 spiro atoms. The van der Waals surface area contributed by atoms with Crippen molar-refractivity contribution >= 4 is 9.84 Å². The Labute approximate surface area is 158 Å². The van der Waals surface area contributed by atoms with Crippen molar-refractivity contribution in [2.75, 3.05) is 25.1 Å². The van der Waals surface area contributed by atoms with Gasteiger partial charge in [-0.1, -0.05) is 61.5 Å². The average molecular weight is 372 g/mol. The number of likely N-dealkylation sites (tertiary alicyclic amines) is 1. The number of hydrogen-bond donors (Lipinski definition) is 0. The predicted molar refractivity (Wildman–Crippen MR) is 108 cm³/mol. The highest BCUT2D eigenvalue weighted by atomic mass is 32.2. The smallest absolute Gasteiger partial charge is 0.148 e. The molecule has 0 N–H and O–H groups in total. The molecule has 140 valence electrons. The molecule has 1 heterocycles. The minimum Gasteiger partial charge on any atom is -0.298 e. The summed E-state index contributed by atoms with van der Waals surface area (Å²) < 4.78 is 23.0. The molecule has 26 heavy (non-hydrogen) atoms. The van der Waals surface area contributed by atoms with Gasteiger partial charge in [0.2, 0.25) is 0 Å². The third kappa shape index (κ3) is 5.42. The summed E-state index contributed by atoms with van der Waals surface area (Å²) in [5, 5.41) is 0. The summed E-state index contributed by atoms with van der Waals surface area (Å²) in [5.74, 6) is 0.868. The highest BCUT2D eigenvalue weighted by Gasteiger charge is 2.21. The first kappa shape index (κ1) is 19.1. The molecule has 0 radical (unpaired) electrons. The van der Waals surface area contributed by atoms with Crippen LogP contribution in [0.5, 0.6) is 0 Å². The molecule has 0 saturated carbocycles. The Bertz CT molecular complexity index is 800. The van der Waals surface area contributed by atoms with Gasteiger partial charge in [0.15, 0.2) is 0 Å². The molecular formula is C22H29NO2S. The molecular weight excluding hydrogens is 342 g/mol. The molecule has 0 aliphatic carbocycles. The van der Waals surface area contributed by atoms with E-state index in [2.05, 4.69) is 59.5 Å². The summed E-state index contributed by atoms with van der Waals surface area (Å²) in [4.78, 5) is 2.54. The SMILES string of the molecule is C[C@@H](CS(C)(=O)=O)c1ccc(CN2CCC[C@@H](c3ccccc3)C2)cc1. The lowest BCUT2D eigenvalue weighted by molar-refractivity contribution is 0.200. The second kappa shape index (κ2) is 8.36. The maximum atomic E-state index is 11.5. The number of benzene rings is 2. The van der Waals surface area contributed by atoms with Crippen LogP contribution in [0.4, 0.5) is 0 Å². The van der Waals surface area contributed by atoms with Crippen molar-refractivity contribution in [2.45, 2.75) is 38.1 Å². The number of sulfone groups is 1. The van der Waals surface area contributed by atoms with Gasteiger partial charge in [0, 0.05) is 19.3 Å². The van der Waals surface area contributed by atoms with Crippen LogP contribution in [0, 0.1) is 0 Å². The maximum Gasteiger partial charge on any atom is 0.148 e. The fraction of sp³-hybridized carbons (Fsp3) is 0.455. The molecule has 2 atom stereocenters. The molecule has 2 aromatic carbocycles. The Kier molecular flexibility index (Phi) is 6.15. The van der Waals surface area contributed by atoms with E-state index in [4.69, 9.17) is 0 Å². The van der Waals surface area contributed by atoms with Crippen LogP contribution in [0.15, 0.2) is 54.6 Å². The van der Waals surface area contributed by atoms with Crippen LogP contribution in [0.1, 0.15) is 48.3 Å². The molecule has 2 aromatic rings. The van der Waals surface area contributed by atoms with E-state index in [1.165, 1.54) is 30.2 Å². The lowest BCUT2D eigenvalue weighted by Gasteiger charge is -2.33. The van der Waals surface area contributed by atoms with E-state index < -0.39 is 9.84 Å². The molecule has 3 rings (SSSR count). The summed E-state index contributed by atoms with van der Waals surface area (Å²) in [7, 11) is -2.95. The van der Waals surface area contributed by atoms with Crippen molar-refractivity contribution in [3.8, 4) is 0 Å². The lowest BCUT2D eigenvalue weighted by Crippen LogP contribution is -2.33. The largest absolute Gasteiger partial charge is 0.298 e. The van der Waals surface area contributed by atoms with Gasteiger partial charge in [-0.15, -0.1) is 0 Å². The third-order valence-corrected chi connectivity index (χ3v) is 6.39. The molecule has 3 nitrogen and oxygen atoms in total. The quantitative estimate of drug-likeness (QED) is 0.763. The molecule has 1 aliphatic heterocycles. The maximum absolute atomic E-state index is 11.5. The number of piperidine rings is 1. The molecule has 4 heteroatoms. The van der Waals surface area contributed by atoms with Crippen molar-refractivity contribution < 1.29 is 8.42 Å². The molecule has 1 aliphatic rings. The fourth-order valence-electron chi connectivity index (χ4n) is 3.96. The number of nitrogens with zero attached hydrogens (tertiary/aromatic N) is 1. The second-order valence-electron chi connectivity index (χ2n) is 7.72. The van der Waals surface area contributed by atoms with Crippen molar-refractivity contribution in [3.63, 3.8) is 0 Å². The van der Waals surface area contributed by atoms with E-state index in [0.29, 0.717) is 5.92 Å². The Hall–Kier alpha value is -1.65. The standard InChI is InChI=1S/C22H29NO2S/c1-18(17-26(2,24)25)20-12-10-19(11-13-20)15-23-14-6-9-22(16-23)21-7-4-3-5-8-21/h3-5,7-8,10-13,18,22H,6,9,14-17H2,1-2H3/t18-,22+/m0/s1. The zero-order chi connectivity index (χ0) is 18.6. The first-order chi connectivity index (χ1) is 12.4. The van der Waals surface area contributed by atoms with Gasteiger partial charge in [-0.25, -0.2) is 8.42 Å². The number of hydrogen-bond acceptors (Lipinski definition) is 3. The summed E-state index contributed by atoms with van der Waals surface area (Å²) >= 11 is 0. The van der Waals surface area contributed by atoms with Gasteiger partial charge in [-0.2, -0.15) is 0 Å². The highest BCUT2D eigenvalue weighted by molar-refractivity contribution is 7.90. The van der Waals surface area contributed by atoms with Crippen molar-refractivity contribution in [2.24, 2.45) is 0 Å². The van der Waals surface area contributed by atoms with Gasteiger partial charge in [0.25, 0.3) is 0 Å². The van der Waals surface area contributed by atoms with Crippen LogP contribution in [0.2, 0.25) is 0 Å². The van der Waals surface area contributed by atoms with Gasteiger partial charge in [0.05, 0.1) is 5.75 Å². The van der Waals surface area contributed by atoms with Crippen molar-refractivity contribution in [1.82, 2.24) is 4.90 Å². The molecule has 1 saturated heterocycles. The van der Waals surface area contributed by atoms with Gasteiger partial charge in [-0.05, 0) is 47.9 Å². The molecule has 1 fully saturated rings. The van der Waals surface area contributed by atoms with Gasteiger partial charge in [-0.3, -0.25) is 4.90 Å². The highest BCUT2D eigenvalue weighted by Crippen LogP contribution is 2.27. The summed E-state index contributed by atoms with van der Waals surface area (Å²) in [6.45, 7) is 5.20. The Morgan fingerprint density at radius 3 is 2.42 bits per heavy atom. The average Bonchev–Trinajstić information content (AvgIpc) is 2.62. The van der Waals surface area contributed by atoms with Gasteiger partial charge in [0.1, 0.15) is 9.84 Å². The van der Waals surface area contributed by atoms with E-state index in [9.17, 15) is 8.42 Å². The normalized spacial score (nSPS) is 20.0. The van der Waals surface area contributed by atoms with E-state index >= 15 is 0 Å². The Balaban J connectivity index is 1.60.